The van der Waals surface area contributed by atoms with E-state index in [4.69, 9.17) is 13.9 Å². The highest BCUT2D eigenvalue weighted by Gasteiger charge is 2.47. The number of nitrogens with zero attached hydrogens (tertiary/aromatic N) is 1. The summed E-state index contributed by atoms with van der Waals surface area (Å²) >= 11 is 0. The molecule has 1 fully saturated rings. The number of hydrogen-bond donors (Lipinski definition) is 0. The van der Waals surface area contributed by atoms with E-state index < -0.39 is 11.2 Å². The molecule has 0 aromatic carbocycles. The number of carbonyl (C=O) groups is 1. The number of ether oxygens (including phenoxy) is 2. The summed E-state index contributed by atoms with van der Waals surface area (Å²) in [6, 6.07) is 5.27. The van der Waals surface area contributed by atoms with Crippen LogP contribution in [0.15, 0.2) is 45.4 Å². The van der Waals surface area contributed by atoms with Crippen LogP contribution < -0.4 is 10.4 Å². The largest absolute Gasteiger partial charge is 0.478 e. The summed E-state index contributed by atoms with van der Waals surface area (Å²) in [4.78, 5) is 27.3. The number of pyridine rings is 1. The van der Waals surface area contributed by atoms with Gasteiger partial charge in [-0.25, -0.2) is 4.79 Å². The molecule has 1 aliphatic heterocycles. The predicted molar refractivity (Wildman–Crippen MR) is 90.0 cm³/mol. The first-order valence-electron chi connectivity index (χ1n) is 8.19. The van der Waals surface area contributed by atoms with Crippen molar-refractivity contribution >= 4 is 12.5 Å². The summed E-state index contributed by atoms with van der Waals surface area (Å²) in [5.41, 5.74) is 0.803. The molecule has 6 heteroatoms. The average molecular weight is 339 g/mol. The van der Waals surface area contributed by atoms with Gasteiger partial charge in [0.1, 0.15) is 23.2 Å². The number of fused-ring (bicyclic) bond motifs is 2. The maximum atomic E-state index is 12.4. The Kier molecular flexibility index (Phi) is 3.67. The van der Waals surface area contributed by atoms with Crippen molar-refractivity contribution in [3.63, 3.8) is 0 Å². The molecule has 128 valence electrons. The maximum Gasteiger partial charge on any atom is 0.347 e. The molecule has 0 radical (unpaired) electrons. The minimum absolute atomic E-state index is 0.382. The van der Waals surface area contributed by atoms with Crippen LogP contribution in [0.2, 0.25) is 0 Å². The second-order valence-electron chi connectivity index (χ2n) is 6.41. The van der Waals surface area contributed by atoms with Gasteiger partial charge < -0.3 is 13.9 Å². The summed E-state index contributed by atoms with van der Waals surface area (Å²) in [5, 5.41) is 0. The van der Waals surface area contributed by atoms with E-state index in [2.05, 4.69) is 4.98 Å². The summed E-state index contributed by atoms with van der Waals surface area (Å²) in [5.74, 6) is 0.823. The topological polar surface area (TPSA) is 78.6 Å². The Bertz CT molecular complexity index is 902. The molecule has 0 N–H and O–H groups in total. The summed E-state index contributed by atoms with van der Waals surface area (Å²) in [6.07, 6.45) is 7.09. The number of rotatable bonds is 3. The van der Waals surface area contributed by atoms with Gasteiger partial charge >= 0.3 is 5.63 Å². The van der Waals surface area contributed by atoms with Gasteiger partial charge in [-0.2, -0.15) is 0 Å². The van der Waals surface area contributed by atoms with E-state index in [1.807, 2.05) is 19.1 Å². The van der Waals surface area contributed by atoms with Gasteiger partial charge in [0, 0.05) is 24.0 Å². The van der Waals surface area contributed by atoms with Gasteiger partial charge in [-0.05, 0) is 50.0 Å². The normalized spacial score (nSPS) is 24.4. The first-order chi connectivity index (χ1) is 12.1. The van der Waals surface area contributed by atoms with E-state index in [1.165, 1.54) is 0 Å². The van der Waals surface area contributed by atoms with Crippen molar-refractivity contribution in [2.24, 2.45) is 0 Å². The third kappa shape index (κ3) is 2.54. The van der Waals surface area contributed by atoms with Gasteiger partial charge in [-0.15, -0.1) is 0 Å². The Morgan fingerprint density at radius 2 is 2.32 bits per heavy atom. The highest BCUT2D eigenvalue weighted by atomic mass is 16.6. The molecule has 25 heavy (non-hydrogen) atoms. The third-order valence-electron chi connectivity index (χ3n) is 4.92. The van der Waals surface area contributed by atoms with Crippen molar-refractivity contribution < 1.29 is 18.7 Å². The van der Waals surface area contributed by atoms with Gasteiger partial charge in [-0.1, -0.05) is 0 Å². The lowest BCUT2D eigenvalue weighted by Gasteiger charge is -2.44. The molecule has 2 atom stereocenters. The highest BCUT2D eigenvalue weighted by Crippen LogP contribution is 2.44. The number of aromatic nitrogens is 1. The van der Waals surface area contributed by atoms with Crippen molar-refractivity contribution in [3.05, 3.63) is 52.1 Å². The quantitative estimate of drug-likeness (QED) is 0.800. The van der Waals surface area contributed by atoms with Crippen molar-refractivity contribution in [1.82, 2.24) is 4.98 Å². The van der Waals surface area contributed by atoms with Crippen LogP contribution >= 0.6 is 0 Å². The fourth-order valence-corrected chi connectivity index (χ4v) is 3.57. The van der Waals surface area contributed by atoms with Crippen LogP contribution in [0.25, 0.3) is 17.4 Å². The van der Waals surface area contributed by atoms with Gasteiger partial charge in [0.15, 0.2) is 5.60 Å². The lowest BCUT2D eigenvalue weighted by molar-refractivity contribution is -0.145. The second-order valence-corrected chi connectivity index (χ2v) is 6.41. The zero-order chi connectivity index (χ0) is 17.4. The molecule has 0 saturated heterocycles. The van der Waals surface area contributed by atoms with Crippen molar-refractivity contribution in [2.75, 3.05) is 0 Å². The maximum absolute atomic E-state index is 12.4. The fourth-order valence-electron chi connectivity index (χ4n) is 3.57. The molecular weight excluding hydrogens is 322 g/mol. The Morgan fingerprint density at radius 1 is 1.44 bits per heavy atom. The van der Waals surface area contributed by atoms with E-state index in [1.54, 1.807) is 24.5 Å². The minimum atomic E-state index is -0.772. The molecule has 2 aromatic heterocycles. The first kappa shape index (κ1) is 15.6. The first-order valence-corrected chi connectivity index (χ1v) is 8.19. The molecule has 1 aliphatic carbocycles. The van der Waals surface area contributed by atoms with Gasteiger partial charge in [-0.3, -0.25) is 9.78 Å². The van der Waals surface area contributed by atoms with Crippen LogP contribution in [0.1, 0.15) is 31.7 Å². The minimum Gasteiger partial charge on any atom is -0.478 e. The van der Waals surface area contributed by atoms with Gasteiger partial charge in [0.05, 0.1) is 0 Å². The van der Waals surface area contributed by atoms with Crippen molar-refractivity contribution in [2.45, 2.75) is 37.9 Å². The van der Waals surface area contributed by atoms with E-state index in [-0.39, 0.29) is 6.10 Å². The molecule has 2 aliphatic rings. The van der Waals surface area contributed by atoms with Crippen LogP contribution in [0.3, 0.4) is 0 Å². The predicted octanol–water partition coefficient (Wildman–Crippen LogP) is 2.96. The highest BCUT2D eigenvalue weighted by molar-refractivity contribution is 5.68. The smallest absolute Gasteiger partial charge is 0.347 e. The summed E-state index contributed by atoms with van der Waals surface area (Å²) in [7, 11) is 0. The van der Waals surface area contributed by atoms with Crippen molar-refractivity contribution in [3.8, 4) is 17.1 Å². The molecule has 3 heterocycles. The zero-order valence-electron chi connectivity index (χ0n) is 13.7. The van der Waals surface area contributed by atoms with E-state index in [0.29, 0.717) is 29.1 Å². The molecular formula is C19H17NO5. The number of carbonyl (C=O) groups excluding carboxylic acids is 1. The summed E-state index contributed by atoms with van der Waals surface area (Å²) in [6.45, 7) is 2.35. The van der Waals surface area contributed by atoms with E-state index in [0.717, 1.165) is 24.8 Å². The SMILES string of the molecule is C[C@@]12Oc3cc(-c4cccnc4)oc(=O)c3C=C1CCC[C@H]2OC=O. The van der Waals surface area contributed by atoms with Crippen LogP contribution in [0.4, 0.5) is 0 Å². The third-order valence-corrected chi connectivity index (χ3v) is 4.92. The van der Waals surface area contributed by atoms with Crippen LogP contribution in [-0.4, -0.2) is 23.2 Å². The fraction of sp³-hybridized carbons (Fsp3) is 0.316. The van der Waals surface area contributed by atoms with Crippen molar-refractivity contribution in [1.29, 1.82) is 0 Å². The molecule has 0 amide bonds. The summed E-state index contributed by atoms with van der Waals surface area (Å²) < 4.78 is 16.9. The lowest BCUT2D eigenvalue weighted by atomic mass is 9.77. The zero-order valence-corrected chi connectivity index (χ0v) is 13.7. The van der Waals surface area contributed by atoms with Gasteiger partial charge in [0.25, 0.3) is 6.47 Å². The molecule has 6 nitrogen and oxygen atoms in total. The second kappa shape index (κ2) is 5.88. The Balaban J connectivity index is 1.82. The molecule has 4 rings (SSSR count). The Morgan fingerprint density at radius 3 is 3.08 bits per heavy atom. The molecule has 1 saturated carbocycles. The molecule has 0 unspecified atom stereocenters. The Labute approximate surface area is 144 Å². The standard InChI is InChI=1S/C19H17NO5/c1-19-13(5-2-6-17(19)23-11-21)8-14-16(25-19)9-15(24-18(14)22)12-4-3-7-20-10-12/h3-4,7-11,17H,2,5-6H2,1H3/t17-,19-/m1/s1. The van der Waals surface area contributed by atoms with E-state index in [9.17, 15) is 9.59 Å². The van der Waals surface area contributed by atoms with Crippen LogP contribution in [-0.2, 0) is 9.53 Å². The van der Waals surface area contributed by atoms with Crippen LogP contribution in [0.5, 0.6) is 5.75 Å². The molecule has 0 bridgehead atoms. The van der Waals surface area contributed by atoms with E-state index >= 15 is 0 Å². The van der Waals surface area contributed by atoms with Crippen LogP contribution in [0, 0.1) is 0 Å². The lowest BCUT2D eigenvalue weighted by Crippen LogP contribution is -2.51. The number of hydrogen-bond acceptors (Lipinski definition) is 6. The monoisotopic (exact) mass is 339 g/mol. The van der Waals surface area contributed by atoms with Gasteiger partial charge in [0.2, 0.25) is 0 Å². The average Bonchev–Trinajstić information content (AvgIpc) is 2.62. The molecule has 2 aromatic rings. The Hall–Kier alpha value is -2.89. The molecule has 0 spiro atoms.